The van der Waals surface area contributed by atoms with Gasteiger partial charge in [0.25, 0.3) is 0 Å². The Morgan fingerprint density at radius 3 is 2.73 bits per heavy atom. The number of carbonyl (C=O) groups excluding carboxylic acids is 2. The maximum atomic E-state index is 12.9. The number of carbonyl (C=O) groups is 2. The zero-order chi connectivity index (χ0) is 15.9. The van der Waals surface area contributed by atoms with Gasteiger partial charge < -0.3 is 9.47 Å². The van der Waals surface area contributed by atoms with E-state index < -0.39 is 6.10 Å². The number of Topliss-reactive ketones (excluding diaryl/α,β-unsaturated/α-hetero) is 1. The molecule has 120 valence electrons. The van der Waals surface area contributed by atoms with Gasteiger partial charge in [0.2, 0.25) is 0 Å². The molecule has 2 atom stereocenters. The molecule has 4 nitrogen and oxygen atoms in total. The molecule has 1 fully saturated rings. The highest BCUT2D eigenvalue weighted by molar-refractivity contribution is 5.84. The molecule has 1 aromatic rings. The molecule has 0 spiro atoms. The van der Waals surface area contributed by atoms with Crippen LogP contribution in [0, 0.1) is 11.7 Å². The summed E-state index contributed by atoms with van der Waals surface area (Å²) in [6, 6.07) is 5.65. The molecule has 0 N–H and O–H groups in total. The first-order valence-corrected chi connectivity index (χ1v) is 7.69. The van der Waals surface area contributed by atoms with Crippen molar-refractivity contribution in [2.75, 3.05) is 6.61 Å². The van der Waals surface area contributed by atoms with Crippen molar-refractivity contribution in [3.05, 3.63) is 30.1 Å². The summed E-state index contributed by atoms with van der Waals surface area (Å²) in [5.41, 5.74) is 0. The molecule has 0 aliphatic heterocycles. The van der Waals surface area contributed by atoms with Gasteiger partial charge in [-0.25, -0.2) is 4.39 Å². The van der Waals surface area contributed by atoms with Crippen LogP contribution in [0.2, 0.25) is 0 Å². The predicted octanol–water partition coefficient (Wildman–Crippen LogP) is 3.29. The molecule has 1 saturated carbocycles. The van der Waals surface area contributed by atoms with Gasteiger partial charge in [0, 0.05) is 12.8 Å². The Morgan fingerprint density at radius 2 is 2.05 bits per heavy atom. The Bertz CT molecular complexity index is 512. The third-order valence-corrected chi connectivity index (χ3v) is 3.86. The van der Waals surface area contributed by atoms with Crippen molar-refractivity contribution in [1.82, 2.24) is 0 Å². The van der Waals surface area contributed by atoms with Crippen LogP contribution in [0.25, 0.3) is 0 Å². The summed E-state index contributed by atoms with van der Waals surface area (Å²) in [5.74, 6) is 0.292. The predicted molar refractivity (Wildman–Crippen MR) is 79.0 cm³/mol. The van der Waals surface area contributed by atoms with Crippen LogP contribution in [0.3, 0.4) is 0 Å². The van der Waals surface area contributed by atoms with E-state index in [1.807, 2.05) is 0 Å². The summed E-state index contributed by atoms with van der Waals surface area (Å²) in [6.07, 6.45) is 2.40. The molecular weight excluding hydrogens is 287 g/mol. The third-order valence-electron chi connectivity index (χ3n) is 3.86. The molecule has 2 unspecified atom stereocenters. The van der Waals surface area contributed by atoms with Crippen LogP contribution >= 0.6 is 0 Å². The van der Waals surface area contributed by atoms with E-state index in [0.29, 0.717) is 38.0 Å². The molecule has 2 rings (SSSR count). The smallest absolute Gasteiger partial charge is 0.305 e. The maximum Gasteiger partial charge on any atom is 0.305 e. The van der Waals surface area contributed by atoms with Gasteiger partial charge in [-0.1, -0.05) is 0 Å². The summed E-state index contributed by atoms with van der Waals surface area (Å²) >= 11 is 0. The minimum atomic E-state index is -0.508. The van der Waals surface area contributed by atoms with E-state index >= 15 is 0 Å². The third kappa shape index (κ3) is 4.83. The summed E-state index contributed by atoms with van der Waals surface area (Å²) < 4.78 is 23.5. The lowest BCUT2D eigenvalue weighted by Crippen LogP contribution is -2.34. The highest BCUT2D eigenvalue weighted by Crippen LogP contribution is 2.29. The second-order valence-corrected chi connectivity index (χ2v) is 5.51. The molecule has 0 amide bonds. The van der Waals surface area contributed by atoms with Gasteiger partial charge in [-0.3, -0.25) is 9.59 Å². The van der Waals surface area contributed by atoms with E-state index in [2.05, 4.69) is 0 Å². The summed E-state index contributed by atoms with van der Waals surface area (Å²) in [7, 11) is 0. The largest absolute Gasteiger partial charge is 0.483 e. The number of hydrogen-bond acceptors (Lipinski definition) is 4. The molecule has 0 radical (unpaired) electrons. The minimum absolute atomic E-state index is 0.0664. The number of ether oxygens (including phenoxy) is 2. The van der Waals surface area contributed by atoms with Crippen molar-refractivity contribution in [2.45, 2.75) is 45.1 Å². The number of halogens is 1. The van der Waals surface area contributed by atoms with E-state index in [4.69, 9.17) is 9.47 Å². The Morgan fingerprint density at radius 1 is 1.32 bits per heavy atom. The number of benzene rings is 1. The van der Waals surface area contributed by atoms with Gasteiger partial charge in [-0.2, -0.15) is 0 Å². The normalized spacial score (nSPS) is 21.5. The minimum Gasteiger partial charge on any atom is -0.483 e. The maximum absolute atomic E-state index is 12.9. The van der Waals surface area contributed by atoms with Crippen LogP contribution in [0.15, 0.2) is 24.3 Å². The second-order valence-electron chi connectivity index (χ2n) is 5.51. The Hall–Kier alpha value is -1.91. The van der Waals surface area contributed by atoms with Gasteiger partial charge in [-0.05, 0) is 56.4 Å². The van der Waals surface area contributed by atoms with Crippen LogP contribution in [-0.2, 0) is 14.3 Å². The zero-order valence-corrected chi connectivity index (χ0v) is 12.7. The first kappa shape index (κ1) is 16.5. The van der Waals surface area contributed by atoms with Crippen molar-refractivity contribution in [3.63, 3.8) is 0 Å². The lowest BCUT2D eigenvalue weighted by Gasteiger charge is -2.28. The first-order valence-electron chi connectivity index (χ1n) is 7.69. The van der Waals surface area contributed by atoms with Gasteiger partial charge >= 0.3 is 5.97 Å². The highest BCUT2D eigenvalue weighted by atomic mass is 19.1. The van der Waals surface area contributed by atoms with Crippen LogP contribution in [-0.4, -0.2) is 24.5 Å². The molecule has 0 saturated heterocycles. The lowest BCUT2D eigenvalue weighted by molar-refractivity contribution is -0.143. The fourth-order valence-electron chi connectivity index (χ4n) is 2.67. The standard InChI is InChI=1S/C17H21FO4/c1-2-21-17(20)10-4-12-3-9-15(19)16(11-12)22-14-7-5-13(18)6-8-14/h5-8,12,16H,2-4,9-11H2,1H3. The van der Waals surface area contributed by atoms with Gasteiger partial charge in [0.15, 0.2) is 11.9 Å². The van der Waals surface area contributed by atoms with Gasteiger partial charge in [-0.15, -0.1) is 0 Å². The Labute approximate surface area is 129 Å². The summed E-state index contributed by atoms with van der Waals surface area (Å²) in [4.78, 5) is 23.4. The average molecular weight is 308 g/mol. The monoisotopic (exact) mass is 308 g/mol. The van der Waals surface area contributed by atoms with Crippen molar-refractivity contribution < 1.29 is 23.5 Å². The van der Waals surface area contributed by atoms with E-state index in [-0.39, 0.29) is 23.5 Å². The first-order chi connectivity index (χ1) is 10.6. The van der Waals surface area contributed by atoms with Crippen LogP contribution in [0.4, 0.5) is 4.39 Å². The van der Waals surface area contributed by atoms with Crippen molar-refractivity contribution in [3.8, 4) is 5.75 Å². The Balaban J connectivity index is 1.86. The number of hydrogen-bond donors (Lipinski definition) is 0. The van der Waals surface area contributed by atoms with Crippen molar-refractivity contribution in [2.24, 2.45) is 5.92 Å². The van der Waals surface area contributed by atoms with Crippen molar-refractivity contribution >= 4 is 11.8 Å². The molecule has 0 heterocycles. The van der Waals surface area contributed by atoms with E-state index in [0.717, 1.165) is 6.42 Å². The molecule has 5 heteroatoms. The molecule has 0 aromatic heterocycles. The van der Waals surface area contributed by atoms with E-state index in [1.54, 1.807) is 6.92 Å². The average Bonchev–Trinajstić information content (AvgIpc) is 2.50. The molecule has 0 bridgehead atoms. The number of esters is 1. The van der Waals surface area contributed by atoms with Gasteiger partial charge in [0.1, 0.15) is 11.6 Å². The van der Waals surface area contributed by atoms with Gasteiger partial charge in [0.05, 0.1) is 6.61 Å². The Kier molecular flexibility index (Phi) is 5.92. The summed E-state index contributed by atoms with van der Waals surface area (Å²) in [5, 5.41) is 0. The number of rotatable bonds is 6. The lowest BCUT2D eigenvalue weighted by atomic mass is 9.83. The number of ketones is 1. The molecular formula is C17H21FO4. The molecule has 1 aliphatic carbocycles. The molecule has 1 aliphatic rings. The molecule has 1 aromatic carbocycles. The fourth-order valence-corrected chi connectivity index (χ4v) is 2.67. The van der Waals surface area contributed by atoms with E-state index in [9.17, 15) is 14.0 Å². The van der Waals surface area contributed by atoms with Crippen molar-refractivity contribution in [1.29, 1.82) is 0 Å². The second kappa shape index (κ2) is 7.92. The summed E-state index contributed by atoms with van der Waals surface area (Å²) in [6.45, 7) is 2.17. The van der Waals surface area contributed by atoms with Crippen LogP contribution in [0.5, 0.6) is 5.75 Å². The van der Waals surface area contributed by atoms with Crippen LogP contribution in [0.1, 0.15) is 39.0 Å². The quantitative estimate of drug-likeness (QED) is 0.757. The van der Waals surface area contributed by atoms with E-state index in [1.165, 1.54) is 24.3 Å². The zero-order valence-electron chi connectivity index (χ0n) is 12.7. The van der Waals surface area contributed by atoms with Crippen LogP contribution < -0.4 is 4.74 Å². The topological polar surface area (TPSA) is 52.6 Å². The highest BCUT2D eigenvalue weighted by Gasteiger charge is 2.30. The molecule has 22 heavy (non-hydrogen) atoms. The SMILES string of the molecule is CCOC(=O)CCC1CCC(=O)C(Oc2ccc(F)cc2)C1. The fraction of sp³-hybridized carbons (Fsp3) is 0.529.